The lowest BCUT2D eigenvalue weighted by Gasteiger charge is -1.99. The molecule has 1 N–H and O–H groups in total. The summed E-state index contributed by atoms with van der Waals surface area (Å²) in [5.41, 5.74) is 0.0143. The highest BCUT2D eigenvalue weighted by molar-refractivity contribution is 7.99. The van der Waals surface area contributed by atoms with E-state index in [1.165, 1.54) is 28.7 Å². The number of tetrazole rings is 1. The van der Waals surface area contributed by atoms with Crippen LogP contribution in [-0.2, 0) is 7.05 Å². The third-order valence-corrected chi connectivity index (χ3v) is 2.75. The summed E-state index contributed by atoms with van der Waals surface area (Å²) < 4.78 is 1.52. The molecule has 16 heavy (non-hydrogen) atoms. The van der Waals surface area contributed by atoms with Gasteiger partial charge in [-0.2, -0.15) is 0 Å². The lowest BCUT2D eigenvalue weighted by Crippen LogP contribution is -1.99. The molecule has 0 amide bonds. The minimum atomic E-state index is -1.04. The quantitative estimate of drug-likeness (QED) is 0.828. The van der Waals surface area contributed by atoms with E-state index in [4.69, 9.17) is 5.11 Å². The Morgan fingerprint density at radius 1 is 1.50 bits per heavy atom. The zero-order valence-corrected chi connectivity index (χ0v) is 9.05. The fourth-order valence-electron chi connectivity index (χ4n) is 0.980. The fraction of sp³-hybridized carbons (Fsp3) is 0.125. The number of aromatic nitrogens is 5. The molecule has 0 aliphatic heterocycles. The standard InChI is InChI=1S/C8H7N5O2S/c1-13-8(10-11-12-13)16-5-2-3-6(7(14)15)9-4-5/h2-4H,1H3,(H,14,15). The molecule has 2 rings (SSSR count). The summed E-state index contributed by atoms with van der Waals surface area (Å²) in [5.74, 6) is -1.04. The summed E-state index contributed by atoms with van der Waals surface area (Å²) in [6.07, 6.45) is 1.48. The van der Waals surface area contributed by atoms with Crippen molar-refractivity contribution in [1.82, 2.24) is 25.2 Å². The van der Waals surface area contributed by atoms with Crippen molar-refractivity contribution in [1.29, 1.82) is 0 Å². The number of aromatic carboxylic acids is 1. The van der Waals surface area contributed by atoms with Crippen molar-refractivity contribution < 1.29 is 9.90 Å². The number of hydrogen-bond donors (Lipinski definition) is 1. The molecule has 0 bridgehead atoms. The topological polar surface area (TPSA) is 93.8 Å². The molecule has 0 spiro atoms. The molecule has 7 nitrogen and oxygen atoms in total. The second kappa shape index (κ2) is 4.27. The highest BCUT2D eigenvalue weighted by atomic mass is 32.2. The van der Waals surface area contributed by atoms with Crippen molar-refractivity contribution in [3.63, 3.8) is 0 Å². The van der Waals surface area contributed by atoms with E-state index in [0.29, 0.717) is 5.16 Å². The first-order valence-corrected chi connectivity index (χ1v) is 5.08. The third-order valence-electron chi connectivity index (χ3n) is 1.75. The van der Waals surface area contributed by atoms with E-state index >= 15 is 0 Å². The maximum absolute atomic E-state index is 10.6. The summed E-state index contributed by atoms with van der Waals surface area (Å²) in [7, 11) is 1.72. The highest BCUT2D eigenvalue weighted by Crippen LogP contribution is 2.23. The van der Waals surface area contributed by atoms with Crippen LogP contribution in [-0.4, -0.2) is 36.3 Å². The average molecular weight is 237 g/mol. The van der Waals surface area contributed by atoms with Gasteiger partial charge in [0.25, 0.3) is 0 Å². The smallest absolute Gasteiger partial charge is 0.354 e. The van der Waals surface area contributed by atoms with Gasteiger partial charge < -0.3 is 5.11 Å². The normalized spacial score (nSPS) is 10.3. The summed E-state index contributed by atoms with van der Waals surface area (Å²) in [4.78, 5) is 15.1. The molecule has 0 saturated heterocycles. The lowest BCUT2D eigenvalue weighted by molar-refractivity contribution is 0.0690. The number of carboxylic acids is 1. The van der Waals surface area contributed by atoms with E-state index in [2.05, 4.69) is 20.5 Å². The fourth-order valence-corrected chi connectivity index (χ4v) is 1.68. The third kappa shape index (κ3) is 2.16. The van der Waals surface area contributed by atoms with Crippen molar-refractivity contribution in [2.45, 2.75) is 10.1 Å². The Kier molecular flexibility index (Phi) is 2.82. The number of rotatable bonds is 3. The molecule has 0 aliphatic carbocycles. The van der Waals surface area contributed by atoms with Crippen LogP contribution in [0.1, 0.15) is 10.5 Å². The minimum Gasteiger partial charge on any atom is -0.477 e. The van der Waals surface area contributed by atoms with Gasteiger partial charge in [0.15, 0.2) is 0 Å². The van der Waals surface area contributed by atoms with Gasteiger partial charge in [-0.25, -0.2) is 14.5 Å². The average Bonchev–Trinajstić information content (AvgIpc) is 2.65. The Labute approximate surface area is 94.5 Å². The van der Waals surface area contributed by atoms with Gasteiger partial charge in [0.2, 0.25) is 5.16 Å². The van der Waals surface area contributed by atoms with Crippen molar-refractivity contribution in [2.75, 3.05) is 0 Å². The first-order chi connectivity index (χ1) is 7.66. The Morgan fingerprint density at radius 3 is 2.81 bits per heavy atom. The van der Waals surface area contributed by atoms with Crippen molar-refractivity contribution in [3.05, 3.63) is 24.0 Å². The van der Waals surface area contributed by atoms with Crippen LogP contribution in [0.25, 0.3) is 0 Å². The van der Waals surface area contributed by atoms with Gasteiger partial charge in [0.05, 0.1) is 0 Å². The number of aryl methyl sites for hydroxylation is 1. The first kappa shape index (κ1) is 10.6. The molecule has 0 saturated carbocycles. The van der Waals surface area contributed by atoms with Crippen LogP contribution in [0.3, 0.4) is 0 Å². The van der Waals surface area contributed by atoms with E-state index in [1.54, 1.807) is 13.1 Å². The van der Waals surface area contributed by atoms with Crippen LogP contribution >= 0.6 is 11.8 Å². The van der Waals surface area contributed by atoms with Crippen LogP contribution in [0, 0.1) is 0 Å². The largest absolute Gasteiger partial charge is 0.477 e. The predicted molar refractivity (Wildman–Crippen MR) is 54.1 cm³/mol. The minimum absolute atomic E-state index is 0.0143. The molecule has 8 heteroatoms. The van der Waals surface area contributed by atoms with Gasteiger partial charge in [-0.05, 0) is 34.3 Å². The van der Waals surface area contributed by atoms with E-state index in [9.17, 15) is 4.79 Å². The van der Waals surface area contributed by atoms with Crippen LogP contribution in [0.2, 0.25) is 0 Å². The molecule has 0 unspecified atom stereocenters. The summed E-state index contributed by atoms with van der Waals surface area (Å²) >= 11 is 1.31. The molecule has 2 aromatic heterocycles. The van der Waals surface area contributed by atoms with Crippen molar-refractivity contribution in [2.24, 2.45) is 7.05 Å². The molecule has 2 aromatic rings. The van der Waals surface area contributed by atoms with Gasteiger partial charge in [-0.15, -0.1) is 5.10 Å². The van der Waals surface area contributed by atoms with Crippen LogP contribution in [0.5, 0.6) is 0 Å². The molecule has 2 heterocycles. The van der Waals surface area contributed by atoms with Crippen molar-refractivity contribution in [3.8, 4) is 0 Å². The SMILES string of the molecule is Cn1nnnc1Sc1ccc(C(=O)O)nc1. The van der Waals surface area contributed by atoms with Crippen LogP contribution in [0.4, 0.5) is 0 Å². The van der Waals surface area contributed by atoms with Gasteiger partial charge in [0.1, 0.15) is 5.69 Å². The molecular weight excluding hydrogens is 230 g/mol. The molecule has 82 valence electrons. The Balaban J connectivity index is 2.17. The molecule has 0 atom stereocenters. The summed E-state index contributed by atoms with van der Waals surface area (Å²) in [6, 6.07) is 3.10. The molecule has 0 radical (unpaired) electrons. The van der Waals surface area contributed by atoms with E-state index < -0.39 is 5.97 Å². The number of pyridine rings is 1. The first-order valence-electron chi connectivity index (χ1n) is 4.26. The van der Waals surface area contributed by atoms with Crippen molar-refractivity contribution >= 4 is 17.7 Å². The summed E-state index contributed by atoms with van der Waals surface area (Å²) in [5, 5.41) is 20.2. The van der Waals surface area contributed by atoms with E-state index in [-0.39, 0.29) is 5.69 Å². The van der Waals surface area contributed by atoms with E-state index in [0.717, 1.165) is 4.90 Å². The monoisotopic (exact) mass is 237 g/mol. The number of hydrogen-bond acceptors (Lipinski definition) is 6. The van der Waals surface area contributed by atoms with Crippen LogP contribution < -0.4 is 0 Å². The Morgan fingerprint density at radius 2 is 2.31 bits per heavy atom. The maximum atomic E-state index is 10.6. The predicted octanol–water partition coefficient (Wildman–Crippen LogP) is 0.454. The van der Waals surface area contributed by atoms with Crippen LogP contribution in [0.15, 0.2) is 28.4 Å². The molecule has 0 aliphatic rings. The Bertz CT molecular complexity index is 509. The van der Waals surface area contributed by atoms with Gasteiger partial charge in [-0.1, -0.05) is 0 Å². The zero-order valence-electron chi connectivity index (χ0n) is 8.23. The Hall–Kier alpha value is -1.96. The maximum Gasteiger partial charge on any atom is 0.354 e. The van der Waals surface area contributed by atoms with Gasteiger partial charge in [-0.3, -0.25) is 0 Å². The van der Waals surface area contributed by atoms with Gasteiger partial charge in [0, 0.05) is 18.1 Å². The molecule has 0 fully saturated rings. The highest BCUT2D eigenvalue weighted by Gasteiger charge is 2.07. The lowest BCUT2D eigenvalue weighted by atomic mass is 10.4. The van der Waals surface area contributed by atoms with Gasteiger partial charge >= 0.3 is 5.97 Å². The number of carboxylic acid groups (broad SMARTS) is 1. The second-order valence-corrected chi connectivity index (χ2v) is 3.91. The zero-order chi connectivity index (χ0) is 11.5. The molecule has 0 aromatic carbocycles. The summed E-state index contributed by atoms with van der Waals surface area (Å²) in [6.45, 7) is 0. The number of carbonyl (C=O) groups is 1. The molecular formula is C8H7N5O2S. The van der Waals surface area contributed by atoms with E-state index in [1.807, 2.05) is 0 Å². The number of nitrogens with zero attached hydrogens (tertiary/aromatic N) is 5. The second-order valence-electron chi connectivity index (χ2n) is 2.87.